The van der Waals surface area contributed by atoms with Gasteiger partial charge in [0.15, 0.2) is 0 Å². The van der Waals surface area contributed by atoms with Gasteiger partial charge in [0.2, 0.25) is 5.91 Å². The molecule has 0 spiro atoms. The smallest absolute Gasteiger partial charge is 0.225 e. The first-order valence-corrected chi connectivity index (χ1v) is 12.1. The van der Waals surface area contributed by atoms with Crippen LogP contribution in [0.1, 0.15) is 47.8 Å². The molecule has 1 amide bonds. The maximum absolute atomic E-state index is 12.3. The summed E-state index contributed by atoms with van der Waals surface area (Å²) in [5.41, 5.74) is 11.7. The highest BCUT2D eigenvalue weighted by atomic mass is 16.5. The van der Waals surface area contributed by atoms with Crippen molar-refractivity contribution >= 4 is 16.9 Å². The molecule has 33 heavy (non-hydrogen) atoms. The highest BCUT2D eigenvalue weighted by molar-refractivity contribution is 5.84. The fraction of sp³-hybridized carbons (Fsp3) is 0.481. The number of aryl methyl sites for hydroxylation is 2. The Kier molecular flexibility index (Phi) is 5.97. The number of carbonyl (C=O) groups excluding carboxylic acids is 1. The summed E-state index contributed by atoms with van der Waals surface area (Å²) in [6.45, 7) is 6.95. The van der Waals surface area contributed by atoms with Crippen LogP contribution < -0.4 is 5.73 Å². The highest BCUT2D eigenvalue weighted by Gasteiger charge is 2.39. The van der Waals surface area contributed by atoms with E-state index in [0.29, 0.717) is 0 Å². The van der Waals surface area contributed by atoms with Crippen molar-refractivity contribution in [3.63, 3.8) is 0 Å². The Labute approximate surface area is 195 Å². The van der Waals surface area contributed by atoms with Crippen LogP contribution in [0.4, 0.5) is 0 Å². The van der Waals surface area contributed by atoms with Gasteiger partial charge in [-0.3, -0.25) is 4.79 Å². The zero-order valence-electron chi connectivity index (χ0n) is 19.8. The first kappa shape index (κ1) is 22.1. The topological polar surface area (TPSA) is 73.4 Å². The number of hydrogen-bond donors (Lipinski definition) is 1. The number of nitrogens with two attached hydrogens (primary N) is 1. The minimum Gasteiger partial charge on any atom is -0.378 e. The van der Waals surface area contributed by atoms with Crippen LogP contribution in [0.15, 0.2) is 42.5 Å². The molecule has 6 heteroatoms. The lowest BCUT2D eigenvalue weighted by Gasteiger charge is -2.40. The Bertz CT molecular complexity index is 1170. The number of rotatable bonds is 6. The van der Waals surface area contributed by atoms with Gasteiger partial charge in [-0.05, 0) is 54.5 Å². The minimum atomic E-state index is -0.212. The Morgan fingerprint density at radius 3 is 2.82 bits per heavy atom. The standard InChI is InChI=1S/C27H34N4O2/c1-4-25-29-21-13-17(2)9-10-22(21)31(25)23-11-12-30(16-24(23)33-3)15-19-14-18-7-5-6-8-20(18)26(19)27(28)32/h5-10,13,19,23-24,26H,4,11-12,14-16H2,1-3H3,(H2,28,32)/t19?,23?,24-,26?/m1/s1. The molecule has 3 aromatic rings. The quantitative estimate of drug-likeness (QED) is 0.628. The average molecular weight is 447 g/mol. The molecule has 2 aliphatic rings. The SMILES string of the molecule is CCc1nc2cc(C)ccc2n1C1CCN(CC2Cc3ccccc3C2C(N)=O)C[C@H]1OC. The van der Waals surface area contributed by atoms with Gasteiger partial charge in [-0.1, -0.05) is 37.3 Å². The number of nitrogens with zero attached hydrogens (tertiary/aromatic N) is 3. The van der Waals surface area contributed by atoms with Crippen molar-refractivity contribution < 1.29 is 9.53 Å². The van der Waals surface area contributed by atoms with Gasteiger partial charge < -0.3 is 19.9 Å². The summed E-state index contributed by atoms with van der Waals surface area (Å²) < 4.78 is 8.46. The molecule has 4 atom stereocenters. The normalized spacial score (nSPS) is 25.4. The van der Waals surface area contributed by atoms with Crippen LogP contribution in [0.3, 0.4) is 0 Å². The maximum atomic E-state index is 12.3. The number of methoxy groups -OCH3 is 1. The van der Waals surface area contributed by atoms with E-state index < -0.39 is 0 Å². The lowest BCUT2D eigenvalue weighted by Crippen LogP contribution is -2.48. The van der Waals surface area contributed by atoms with Gasteiger partial charge in [0.1, 0.15) is 5.82 Å². The van der Waals surface area contributed by atoms with Crippen molar-refractivity contribution in [3.05, 3.63) is 65.0 Å². The average Bonchev–Trinajstić information content (AvgIpc) is 3.36. The number of benzene rings is 2. The minimum absolute atomic E-state index is 0.0681. The van der Waals surface area contributed by atoms with Crippen LogP contribution in [0.5, 0.6) is 0 Å². The second-order valence-electron chi connectivity index (χ2n) is 9.68. The number of aromatic nitrogens is 2. The molecule has 0 saturated carbocycles. The number of imidazole rings is 1. The molecular weight excluding hydrogens is 412 g/mol. The molecular formula is C27H34N4O2. The molecule has 2 N–H and O–H groups in total. The molecule has 6 nitrogen and oxygen atoms in total. The molecule has 1 aliphatic heterocycles. The molecule has 2 heterocycles. The summed E-state index contributed by atoms with van der Waals surface area (Å²) >= 11 is 0. The zero-order valence-corrected chi connectivity index (χ0v) is 19.8. The first-order valence-electron chi connectivity index (χ1n) is 12.1. The van der Waals surface area contributed by atoms with Crippen LogP contribution >= 0.6 is 0 Å². The fourth-order valence-electron chi connectivity index (χ4n) is 6.10. The van der Waals surface area contributed by atoms with Crippen LogP contribution in [0.2, 0.25) is 0 Å². The predicted octanol–water partition coefficient (Wildman–Crippen LogP) is 3.61. The number of carbonyl (C=O) groups is 1. The molecule has 0 bridgehead atoms. The number of likely N-dealkylation sites (tertiary alicyclic amines) is 1. The predicted molar refractivity (Wildman–Crippen MR) is 130 cm³/mol. The Morgan fingerprint density at radius 2 is 2.06 bits per heavy atom. The Morgan fingerprint density at radius 1 is 1.24 bits per heavy atom. The van der Waals surface area contributed by atoms with E-state index in [4.69, 9.17) is 15.5 Å². The molecule has 5 rings (SSSR count). The summed E-state index contributed by atoms with van der Waals surface area (Å²) in [5.74, 6) is 0.927. The lowest BCUT2D eigenvalue weighted by atomic mass is 9.90. The second-order valence-corrected chi connectivity index (χ2v) is 9.68. The van der Waals surface area contributed by atoms with E-state index in [0.717, 1.165) is 55.8 Å². The van der Waals surface area contributed by atoms with E-state index in [9.17, 15) is 4.79 Å². The number of ether oxygens (including phenoxy) is 1. The van der Waals surface area contributed by atoms with Crippen molar-refractivity contribution in [1.82, 2.24) is 14.5 Å². The fourth-order valence-corrected chi connectivity index (χ4v) is 6.10. The van der Waals surface area contributed by atoms with E-state index in [2.05, 4.69) is 53.6 Å². The van der Waals surface area contributed by atoms with Crippen molar-refractivity contribution in [2.45, 2.75) is 51.2 Å². The Hall–Kier alpha value is -2.70. The van der Waals surface area contributed by atoms with Gasteiger partial charge in [-0.15, -0.1) is 0 Å². The molecule has 174 valence electrons. The summed E-state index contributed by atoms with van der Waals surface area (Å²) in [6, 6.07) is 15.0. The van der Waals surface area contributed by atoms with Crippen molar-refractivity contribution in [3.8, 4) is 0 Å². The maximum Gasteiger partial charge on any atom is 0.225 e. The highest BCUT2D eigenvalue weighted by Crippen LogP contribution is 2.39. The van der Waals surface area contributed by atoms with Crippen molar-refractivity contribution in [2.75, 3.05) is 26.7 Å². The number of amides is 1. The third kappa shape index (κ3) is 3.96. The van der Waals surface area contributed by atoms with Gasteiger partial charge in [-0.2, -0.15) is 0 Å². The number of primary amides is 1. The van der Waals surface area contributed by atoms with Crippen LogP contribution in [0, 0.1) is 12.8 Å². The zero-order chi connectivity index (χ0) is 23.1. The summed E-state index contributed by atoms with van der Waals surface area (Å²) in [7, 11) is 1.81. The lowest BCUT2D eigenvalue weighted by molar-refractivity contribution is -0.120. The Balaban J connectivity index is 1.36. The van der Waals surface area contributed by atoms with E-state index in [-0.39, 0.29) is 29.9 Å². The largest absolute Gasteiger partial charge is 0.378 e. The molecule has 1 saturated heterocycles. The van der Waals surface area contributed by atoms with Gasteiger partial charge in [0.05, 0.1) is 29.1 Å². The second kappa shape index (κ2) is 8.92. The van der Waals surface area contributed by atoms with Crippen molar-refractivity contribution in [2.24, 2.45) is 11.7 Å². The van der Waals surface area contributed by atoms with E-state index in [1.807, 2.05) is 19.2 Å². The van der Waals surface area contributed by atoms with E-state index >= 15 is 0 Å². The molecule has 1 aromatic heterocycles. The molecule has 0 radical (unpaired) electrons. The third-order valence-electron chi connectivity index (χ3n) is 7.62. The van der Waals surface area contributed by atoms with E-state index in [1.165, 1.54) is 16.6 Å². The van der Waals surface area contributed by atoms with Crippen LogP contribution in [0.25, 0.3) is 11.0 Å². The van der Waals surface area contributed by atoms with E-state index in [1.54, 1.807) is 0 Å². The molecule has 1 aliphatic carbocycles. The van der Waals surface area contributed by atoms with Gasteiger partial charge in [0, 0.05) is 33.2 Å². The molecule has 2 aromatic carbocycles. The first-order chi connectivity index (χ1) is 16.0. The summed E-state index contributed by atoms with van der Waals surface area (Å²) in [6.07, 6.45) is 2.86. The number of piperidine rings is 1. The van der Waals surface area contributed by atoms with Crippen LogP contribution in [-0.4, -0.2) is 53.2 Å². The van der Waals surface area contributed by atoms with Gasteiger partial charge >= 0.3 is 0 Å². The van der Waals surface area contributed by atoms with Gasteiger partial charge in [0.25, 0.3) is 0 Å². The summed E-state index contributed by atoms with van der Waals surface area (Å²) in [4.78, 5) is 19.7. The number of hydrogen-bond acceptors (Lipinski definition) is 4. The molecule has 3 unspecified atom stereocenters. The van der Waals surface area contributed by atoms with Crippen LogP contribution in [-0.2, 0) is 22.4 Å². The number of fused-ring (bicyclic) bond motifs is 2. The monoisotopic (exact) mass is 446 g/mol. The molecule has 1 fully saturated rings. The third-order valence-corrected chi connectivity index (χ3v) is 7.62. The summed E-state index contributed by atoms with van der Waals surface area (Å²) in [5, 5.41) is 0. The van der Waals surface area contributed by atoms with Crippen molar-refractivity contribution in [1.29, 1.82) is 0 Å². The van der Waals surface area contributed by atoms with Gasteiger partial charge in [-0.25, -0.2) is 4.98 Å².